The van der Waals surface area contributed by atoms with Crippen molar-refractivity contribution in [1.82, 2.24) is 4.57 Å². The van der Waals surface area contributed by atoms with E-state index in [1.54, 1.807) is 0 Å². The molecule has 0 aliphatic heterocycles. The Morgan fingerprint density at radius 2 is 1.58 bits per heavy atom. The lowest BCUT2D eigenvalue weighted by Gasteiger charge is -2.05. The van der Waals surface area contributed by atoms with Crippen LogP contribution in [0.1, 0.15) is 15.9 Å². The van der Waals surface area contributed by atoms with Gasteiger partial charge in [-0.2, -0.15) is 0 Å². The molecule has 0 saturated heterocycles. The predicted octanol–water partition coefficient (Wildman–Crippen LogP) is 5.21. The SMILES string of the molecule is C=CCn1cc(C(=O)c2cccc3ccccc23)c2ccccc21. The first kappa shape index (κ1) is 14.5. The summed E-state index contributed by atoms with van der Waals surface area (Å²) in [6.45, 7) is 4.49. The summed E-state index contributed by atoms with van der Waals surface area (Å²) in [5.74, 6) is 0.0609. The smallest absolute Gasteiger partial charge is 0.195 e. The van der Waals surface area contributed by atoms with Gasteiger partial charge >= 0.3 is 0 Å². The van der Waals surface area contributed by atoms with Crippen molar-refractivity contribution >= 4 is 27.5 Å². The minimum atomic E-state index is 0.0609. The molecule has 3 aromatic carbocycles. The molecule has 0 spiro atoms. The number of para-hydroxylation sites is 1. The van der Waals surface area contributed by atoms with E-state index in [2.05, 4.69) is 11.1 Å². The number of hydrogen-bond donors (Lipinski definition) is 0. The lowest BCUT2D eigenvalue weighted by atomic mass is 9.97. The van der Waals surface area contributed by atoms with E-state index in [9.17, 15) is 4.79 Å². The highest BCUT2D eigenvalue weighted by Gasteiger charge is 2.17. The van der Waals surface area contributed by atoms with Crippen molar-refractivity contribution in [2.24, 2.45) is 0 Å². The minimum Gasteiger partial charge on any atom is -0.343 e. The lowest BCUT2D eigenvalue weighted by molar-refractivity contribution is 0.104. The summed E-state index contributed by atoms with van der Waals surface area (Å²) < 4.78 is 2.07. The first-order chi connectivity index (χ1) is 11.8. The number of rotatable bonds is 4. The van der Waals surface area contributed by atoms with Crippen LogP contribution in [0.5, 0.6) is 0 Å². The summed E-state index contributed by atoms with van der Waals surface area (Å²) >= 11 is 0. The van der Waals surface area contributed by atoms with Crippen molar-refractivity contribution in [1.29, 1.82) is 0 Å². The van der Waals surface area contributed by atoms with Crippen LogP contribution in [-0.2, 0) is 6.54 Å². The second-order valence-corrected chi connectivity index (χ2v) is 5.86. The zero-order chi connectivity index (χ0) is 16.5. The van der Waals surface area contributed by atoms with Crippen LogP contribution in [-0.4, -0.2) is 10.4 Å². The number of hydrogen-bond acceptors (Lipinski definition) is 1. The van der Waals surface area contributed by atoms with Gasteiger partial charge in [-0.3, -0.25) is 4.79 Å². The molecule has 0 unspecified atom stereocenters. The summed E-state index contributed by atoms with van der Waals surface area (Å²) in [5, 5.41) is 3.06. The zero-order valence-corrected chi connectivity index (χ0v) is 13.3. The Kier molecular flexibility index (Phi) is 3.51. The van der Waals surface area contributed by atoms with E-state index in [1.807, 2.05) is 79.0 Å². The molecule has 116 valence electrons. The average molecular weight is 311 g/mol. The van der Waals surface area contributed by atoms with Gasteiger partial charge in [-0.05, 0) is 16.8 Å². The fraction of sp³-hybridized carbons (Fsp3) is 0.0455. The Bertz CT molecular complexity index is 1070. The maximum absolute atomic E-state index is 13.3. The van der Waals surface area contributed by atoms with E-state index in [4.69, 9.17) is 0 Å². The maximum atomic E-state index is 13.3. The van der Waals surface area contributed by atoms with Gasteiger partial charge in [-0.1, -0.05) is 66.7 Å². The van der Waals surface area contributed by atoms with E-state index in [0.717, 1.165) is 32.8 Å². The average Bonchev–Trinajstić information content (AvgIpc) is 3.00. The largest absolute Gasteiger partial charge is 0.343 e. The molecule has 0 radical (unpaired) electrons. The summed E-state index contributed by atoms with van der Waals surface area (Å²) in [6, 6.07) is 21.9. The van der Waals surface area contributed by atoms with Gasteiger partial charge in [0.1, 0.15) is 0 Å². The molecule has 0 aliphatic carbocycles. The molecular formula is C22H17NO. The Balaban J connectivity index is 1.94. The number of ketones is 1. The maximum Gasteiger partial charge on any atom is 0.195 e. The Hall–Kier alpha value is -3.13. The van der Waals surface area contributed by atoms with E-state index in [1.165, 1.54) is 0 Å². The van der Waals surface area contributed by atoms with Gasteiger partial charge in [0.05, 0.1) is 0 Å². The van der Waals surface area contributed by atoms with Crippen molar-refractivity contribution in [3.63, 3.8) is 0 Å². The van der Waals surface area contributed by atoms with Gasteiger partial charge < -0.3 is 4.57 Å². The molecule has 0 fully saturated rings. The van der Waals surface area contributed by atoms with Gasteiger partial charge in [-0.25, -0.2) is 0 Å². The van der Waals surface area contributed by atoms with Crippen LogP contribution in [0.2, 0.25) is 0 Å². The van der Waals surface area contributed by atoms with Crippen molar-refractivity contribution in [2.75, 3.05) is 0 Å². The van der Waals surface area contributed by atoms with E-state index in [-0.39, 0.29) is 5.78 Å². The second-order valence-electron chi connectivity index (χ2n) is 5.86. The standard InChI is InChI=1S/C22H17NO/c1-2-14-23-15-20(18-11-5-6-13-21(18)23)22(24)19-12-7-9-16-8-3-4-10-17(16)19/h2-13,15H,1,14H2. The van der Waals surface area contributed by atoms with E-state index >= 15 is 0 Å². The topological polar surface area (TPSA) is 22.0 Å². The van der Waals surface area contributed by atoms with Crippen molar-refractivity contribution in [3.8, 4) is 0 Å². The fourth-order valence-corrected chi connectivity index (χ4v) is 3.29. The molecule has 2 nitrogen and oxygen atoms in total. The number of allylic oxidation sites excluding steroid dienone is 1. The molecule has 4 rings (SSSR count). The number of aromatic nitrogens is 1. The molecule has 4 aromatic rings. The molecule has 2 heteroatoms. The Labute approximate surface area is 140 Å². The molecule has 0 saturated carbocycles. The van der Waals surface area contributed by atoms with E-state index in [0.29, 0.717) is 6.54 Å². The van der Waals surface area contributed by atoms with Gasteiger partial charge in [0.25, 0.3) is 0 Å². The van der Waals surface area contributed by atoms with Gasteiger partial charge in [0.15, 0.2) is 5.78 Å². The minimum absolute atomic E-state index is 0.0609. The van der Waals surface area contributed by atoms with Crippen LogP contribution in [0.4, 0.5) is 0 Å². The molecule has 24 heavy (non-hydrogen) atoms. The number of nitrogens with zero attached hydrogens (tertiary/aromatic N) is 1. The third kappa shape index (κ3) is 2.24. The van der Waals surface area contributed by atoms with Crippen LogP contribution in [0.3, 0.4) is 0 Å². The summed E-state index contributed by atoms with van der Waals surface area (Å²) in [4.78, 5) is 13.3. The van der Waals surface area contributed by atoms with E-state index < -0.39 is 0 Å². The molecule has 0 bridgehead atoms. The Morgan fingerprint density at radius 3 is 2.42 bits per heavy atom. The predicted molar refractivity (Wildman–Crippen MR) is 99.5 cm³/mol. The highest BCUT2D eigenvalue weighted by molar-refractivity contribution is 6.21. The van der Waals surface area contributed by atoms with Gasteiger partial charge in [-0.15, -0.1) is 6.58 Å². The summed E-state index contributed by atoms with van der Waals surface area (Å²) in [7, 11) is 0. The molecule has 1 heterocycles. The number of benzene rings is 3. The quantitative estimate of drug-likeness (QED) is 0.374. The molecule has 0 atom stereocenters. The molecule has 0 amide bonds. The van der Waals surface area contributed by atoms with Crippen molar-refractivity contribution in [3.05, 3.63) is 96.7 Å². The fourth-order valence-electron chi connectivity index (χ4n) is 3.29. The van der Waals surface area contributed by atoms with Crippen LogP contribution in [0, 0.1) is 0 Å². The number of carbonyl (C=O) groups is 1. The zero-order valence-electron chi connectivity index (χ0n) is 13.3. The van der Waals surface area contributed by atoms with Crippen LogP contribution < -0.4 is 0 Å². The van der Waals surface area contributed by atoms with Crippen LogP contribution >= 0.6 is 0 Å². The second kappa shape index (κ2) is 5.82. The van der Waals surface area contributed by atoms with Crippen molar-refractivity contribution in [2.45, 2.75) is 6.54 Å². The third-order valence-corrected chi connectivity index (χ3v) is 4.39. The summed E-state index contributed by atoms with van der Waals surface area (Å²) in [5.41, 5.74) is 2.54. The molecular weight excluding hydrogens is 294 g/mol. The lowest BCUT2D eigenvalue weighted by Crippen LogP contribution is -2.01. The first-order valence-electron chi connectivity index (χ1n) is 8.01. The summed E-state index contributed by atoms with van der Waals surface area (Å²) in [6.07, 6.45) is 3.79. The molecule has 0 N–H and O–H groups in total. The van der Waals surface area contributed by atoms with Gasteiger partial charge in [0, 0.05) is 34.8 Å². The normalized spacial score (nSPS) is 11.0. The number of fused-ring (bicyclic) bond motifs is 2. The van der Waals surface area contributed by atoms with Crippen molar-refractivity contribution < 1.29 is 4.79 Å². The van der Waals surface area contributed by atoms with Crippen LogP contribution in [0.15, 0.2) is 85.6 Å². The number of carbonyl (C=O) groups excluding carboxylic acids is 1. The highest BCUT2D eigenvalue weighted by Crippen LogP contribution is 2.27. The Morgan fingerprint density at radius 1 is 0.875 bits per heavy atom. The third-order valence-electron chi connectivity index (χ3n) is 4.39. The first-order valence-corrected chi connectivity index (χ1v) is 8.01. The molecule has 1 aromatic heterocycles. The highest BCUT2D eigenvalue weighted by atomic mass is 16.1. The van der Waals surface area contributed by atoms with Gasteiger partial charge in [0.2, 0.25) is 0 Å². The molecule has 0 aliphatic rings. The monoisotopic (exact) mass is 311 g/mol. The van der Waals surface area contributed by atoms with Crippen LogP contribution in [0.25, 0.3) is 21.7 Å².